The number of nitrogens with zero attached hydrogens (tertiary/aromatic N) is 2. The van der Waals surface area contributed by atoms with Gasteiger partial charge in [0, 0.05) is 18.2 Å². The molecular formula is C28H31N5O2S. The standard InChI is InChI=1S/C28H31N5O2S/c1-19-24(31-27(35)15-20-9-5-3-6-10-20)16-22(18-30-19)21-12-13-23-25(17-21)36-28(32-23)33-26(34)11-7-4-8-14-29-2/h3,5-6,9-10,12-13,16-18,29H,4,7-8,11,14-15H2,1-2H3,(H,31,35)(H,32,33,34). The molecule has 0 unspecified atom stereocenters. The summed E-state index contributed by atoms with van der Waals surface area (Å²) in [6.45, 7) is 2.85. The maximum Gasteiger partial charge on any atom is 0.228 e. The number of pyridine rings is 1. The molecule has 2 aromatic heterocycles. The fourth-order valence-corrected chi connectivity index (χ4v) is 4.82. The molecule has 0 spiro atoms. The minimum atomic E-state index is -0.0800. The molecule has 36 heavy (non-hydrogen) atoms. The molecule has 3 N–H and O–H groups in total. The molecule has 2 heterocycles. The van der Waals surface area contributed by atoms with Crippen molar-refractivity contribution in [1.29, 1.82) is 0 Å². The van der Waals surface area contributed by atoms with Gasteiger partial charge in [-0.3, -0.25) is 14.6 Å². The molecule has 0 aliphatic rings. The fourth-order valence-electron chi connectivity index (χ4n) is 3.90. The quantitative estimate of drug-likeness (QED) is 0.234. The summed E-state index contributed by atoms with van der Waals surface area (Å²) < 4.78 is 0.979. The van der Waals surface area contributed by atoms with Crippen molar-refractivity contribution in [3.8, 4) is 11.1 Å². The Kier molecular flexibility index (Phi) is 8.76. The van der Waals surface area contributed by atoms with Crippen molar-refractivity contribution in [3.63, 3.8) is 0 Å². The number of fused-ring (bicyclic) bond motifs is 1. The second-order valence-electron chi connectivity index (χ2n) is 8.73. The lowest BCUT2D eigenvalue weighted by Gasteiger charge is -2.10. The summed E-state index contributed by atoms with van der Waals surface area (Å²) in [4.78, 5) is 33.9. The number of anilines is 2. The SMILES string of the molecule is CNCCCCCC(=O)Nc1nc2ccc(-c3cnc(C)c(NC(=O)Cc4ccccc4)c3)cc2s1. The zero-order valence-corrected chi connectivity index (χ0v) is 21.5. The zero-order chi connectivity index (χ0) is 25.3. The van der Waals surface area contributed by atoms with Crippen LogP contribution in [0.4, 0.5) is 10.8 Å². The first kappa shape index (κ1) is 25.5. The number of hydrogen-bond donors (Lipinski definition) is 3. The van der Waals surface area contributed by atoms with Gasteiger partial charge in [0.2, 0.25) is 11.8 Å². The molecule has 0 fully saturated rings. The number of thiazole rings is 1. The molecule has 2 aromatic carbocycles. The summed E-state index contributed by atoms with van der Waals surface area (Å²) in [7, 11) is 1.94. The van der Waals surface area contributed by atoms with E-state index in [1.54, 1.807) is 6.20 Å². The van der Waals surface area contributed by atoms with E-state index in [-0.39, 0.29) is 11.8 Å². The Morgan fingerprint density at radius 3 is 2.56 bits per heavy atom. The summed E-state index contributed by atoms with van der Waals surface area (Å²) in [5.74, 6) is -0.0825. The highest BCUT2D eigenvalue weighted by Crippen LogP contribution is 2.31. The maximum atomic E-state index is 12.6. The maximum absolute atomic E-state index is 12.6. The van der Waals surface area contributed by atoms with Crippen LogP contribution in [0.1, 0.15) is 36.9 Å². The van der Waals surface area contributed by atoms with E-state index in [1.807, 2.05) is 68.6 Å². The van der Waals surface area contributed by atoms with Gasteiger partial charge < -0.3 is 16.0 Å². The number of amides is 2. The molecule has 0 atom stereocenters. The summed E-state index contributed by atoms with van der Waals surface area (Å²) >= 11 is 1.46. The third kappa shape index (κ3) is 6.96. The normalized spacial score (nSPS) is 10.9. The average molecular weight is 502 g/mol. The molecule has 4 rings (SSSR count). The Morgan fingerprint density at radius 2 is 1.75 bits per heavy atom. The van der Waals surface area contributed by atoms with Crippen LogP contribution in [0.15, 0.2) is 60.8 Å². The van der Waals surface area contributed by atoms with Gasteiger partial charge >= 0.3 is 0 Å². The van der Waals surface area contributed by atoms with Gasteiger partial charge in [0.15, 0.2) is 5.13 Å². The Balaban J connectivity index is 1.42. The molecule has 186 valence electrons. The highest BCUT2D eigenvalue weighted by molar-refractivity contribution is 7.22. The van der Waals surface area contributed by atoms with Crippen LogP contribution in [0.5, 0.6) is 0 Å². The first-order chi connectivity index (χ1) is 17.5. The molecule has 0 aliphatic carbocycles. The first-order valence-electron chi connectivity index (χ1n) is 12.2. The van der Waals surface area contributed by atoms with Gasteiger partial charge in [0.1, 0.15) is 0 Å². The third-order valence-electron chi connectivity index (χ3n) is 5.87. The molecule has 8 heteroatoms. The van der Waals surface area contributed by atoms with Crippen molar-refractivity contribution < 1.29 is 9.59 Å². The van der Waals surface area contributed by atoms with Gasteiger partial charge in [-0.1, -0.05) is 54.2 Å². The van der Waals surface area contributed by atoms with Gasteiger partial charge in [-0.15, -0.1) is 0 Å². The molecule has 0 bridgehead atoms. The van der Waals surface area contributed by atoms with Crippen molar-refractivity contribution in [2.24, 2.45) is 0 Å². The van der Waals surface area contributed by atoms with E-state index >= 15 is 0 Å². The molecule has 2 amide bonds. The second-order valence-corrected chi connectivity index (χ2v) is 9.76. The number of unbranched alkanes of at least 4 members (excludes halogenated alkanes) is 2. The number of rotatable bonds is 11. The summed E-state index contributed by atoms with van der Waals surface area (Å²) in [5.41, 5.74) is 5.13. The molecule has 0 aliphatic heterocycles. The Morgan fingerprint density at radius 1 is 0.917 bits per heavy atom. The molecule has 0 radical (unpaired) electrons. The van der Waals surface area contributed by atoms with Gasteiger partial charge in [0.25, 0.3) is 0 Å². The average Bonchev–Trinajstić information content (AvgIpc) is 3.27. The van der Waals surface area contributed by atoms with E-state index < -0.39 is 0 Å². The smallest absolute Gasteiger partial charge is 0.228 e. The topological polar surface area (TPSA) is 96.0 Å². The lowest BCUT2D eigenvalue weighted by atomic mass is 10.1. The van der Waals surface area contributed by atoms with E-state index in [4.69, 9.17) is 0 Å². The Bertz CT molecular complexity index is 1340. The van der Waals surface area contributed by atoms with Crippen molar-refractivity contribution in [3.05, 3.63) is 72.1 Å². The van der Waals surface area contributed by atoms with Crippen molar-refractivity contribution in [2.45, 2.75) is 39.0 Å². The van der Waals surface area contributed by atoms with Crippen LogP contribution in [0.2, 0.25) is 0 Å². The molecule has 4 aromatic rings. The lowest BCUT2D eigenvalue weighted by Crippen LogP contribution is -2.15. The van der Waals surface area contributed by atoms with Crippen LogP contribution >= 0.6 is 11.3 Å². The van der Waals surface area contributed by atoms with Crippen LogP contribution in [-0.4, -0.2) is 35.4 Å². The Labute approximate surface area is 215 Å². The van der Waals surface area contributed by atoms with E-state index in [0.29, 0.717) is 23.7 Å². The largest absolute Gasteiger partial charge is 0.324 e. The first-order valence-corrected chi connectivity index (χ1v) is 13.0. The van der Waals surface area contributed by atoms with Crippen molar-refractivity contribution >= 4 is 44.2 Å². The van der Waals surface area contributed by atoms with Crippen molar-refractivity contribution in [1.82, 2.24) is 15.3 Å². The van der Waals surface area contributed by atoms with Crippen LogP contribution < -0.4 is 16.0 Å². The second kappa shape index (κ2) is 12.4. The molecular weight excluding hydrogens is 470 g/mol. The van der Waals surface area contributed by atoms with Crippen molar-refractivity contribution in [2.75, 3.05) is 24.2 Å². The third-order valence-corrected chi connectivity index (χ3v) is 6.80. The molecule has 0 saturated carbocycles. The van der Waals surface area contributed by atoms with Gasteiger partial charge in [-0.25, -0.2) is 4.98 Å². The van der Waals surface area contributed by atoms with Crippen LogP contribution in [0.3, 0.4) is 0 Å². The summed E-state index contributed by atoms with van der Waals surface area (Å²) in [6.07, 6.45) is 5.57. The molecule has 0 saturated heterocycles. The fraction of sp³-hybridized carbons (Fsp3) is 0.286. The van der Waals surface area contributed by atoms with E-state index in [0.717, 1.165) is 58.4 Å². The highest BCUT2D eigenvalue weighted by atomic mass is 32.1. The van der Waals surface area contributed by atoms with Gasteiger partial charge in [-0.05, 0) is 62.7 Å². The van der Waals surface area contributed by atoms with Gasteiger partial charge in [-0.2, -0.15) is 0 Å². The van der Waals surface area contributed by atoms with Crippen LogP contribution in [0, 0.1) is 6.92 Å². The van der Waals surface area contributed by atoms with E-state index in [9.17, 15) is 9.59 Å². The number of nitrogens with one attached hydrogen (secondary N) is 3. The van der Waals surface area contributed by atoms with E-state index in [1.165, 1.54) is 11.3 Å². The summed E-state index contributed by atoms with van der Waals surface area (Å²) in [5, 5.41) is 9.66. The van der Waals surface area contributed by atoms with Gasteiger partial charge in [0.05, 0.1) is 28.0 Å². The predicted molar refractivity (Wildman–Crippen MR) is 147 cm³/mol. The highest BCUT2D eigenvalue weighted by Gasteiger charge is 2.12. The number of hydrogen-bond acceptors (Lipinski definition) is 6. The number of carbonyl (C=O) groups is 2. The van der Waals surface area contributed by atoms with E-state index in [2.05, 4.69) is 25.9 Å². The number of benzene rings is 2. The minimum absolute atomic E-state index is 0.00245. The van der Waals surface area contributed by atoms with Crippen LogP contribution in [-0.2, 0) is 16.0 Å². The number of aryl methyl sites for hydroxylation is 1. The summed E-state index contributed by atoms with van der Waals surface area (Å²) in [6, 6.07) is 17.6. The monoisotopic (exact) mass is 501 g/mol. The predicted octanol–water partition coefficient (Wildman–Crippen LogP) is 5.57. The zero-order valence-electron chi connectivity index (χ0n) is 20.6. The van der Waals surface area contributed by atoms with Crippen LogP contribution in [0.25, 0.3) is 21.3 Å². The lowest BCUT2D eigenvalue weighted by molar-refractivity contribution is -0.116. The minimum Gasteiger partial charge on any atom is -0.324 e. The molecule has 7 nitrogen and oxygen atoms in total. The number of carbonyl (C=O) groups excluding carboxylic acids is 2. The number of aromatic nitrogens is 2. The Hall–Kier alpha value is -3.62.